The van der Waals surface area contributed by atoms with Gasteiger partial charge in [0, 0.05) is 54.9 Å². The Kier molecular flexibility index (Phi) is 9.34. The summed E-state index contributed by atoms with van der Waals surface area (Å²) in [5.41, 5.74) is 1.55. The Bertz CT molecular complexity index is 1700. The van der Waals surface area contributed by atoms with Crippen LogP contribution in [0.3, 0.4) is 0 Å². The maximum Gasteiger partial charge on any atom is 0.410 e. The van der Waals surface area contributed by atoms with Gasteiger partial charge in [-0.05, 0) is 67.8 Å². The van der Waals surface area contributed by atoms with Crippen LogP contribution in [0.15, 0.2) is 96.2 Å². The highest BCUT2D eigenvalue weighted by atomic mass is 32.2. The molecule has 0 atom stereocenters. The Balaban J connectivity index is 1.52. The fourth-order valence-electron chi connectivity index (χ4n) is 4.19. The van der Waals surface area contributed by atoms with E-state index in [1.807, 2.05) is 36.4 Å². The highest BCUT2D eigenvalue weighted by molar-refractivity contribution is 7.89. The molecule has 10 nitrogen and oxygen atoms in total. The second-order valence-electron chi connectivity index (χ2n) is 10.5. The summed E-state index contributed by atoms with van der Waals surface area (Å²) >= 11 is 0. The topological polar surface area (TPSA) is 132 Å². The number of hydrogen-bond acceptors (Lipinski definition) is 7. The zero-order valence-corrected chi connectivity index (χ0v) is 24.4. The molecule has 1 N–H and O–H groups in total. The molecule has 1 amide bonds. The minimum Gasteiger partial charge on any atom is -0.444 e. The van der Waals surface area contributed by atoms with Crippen LogP contribution in [-0.2, 0) is 14.8 Å². The molecule has 218 valence electrons. The minimum absolute atomic E-state index is 0.0202. The molecule has 0 aliphatic heterocycles. The van der Waals surface area contributed by atoms with E-state index in [9.17, 15) is 23.3 Å². The number of nitrogens with zero attached hydrogens (tertiary/aromatic N) is 3. The van der Waals surface area contributed by atoms with E-state index < -0.39 is 26.6 Å². The van der Waals surface area contributed by atoms with Crippen LogP contribution in [0.1, 0.15) is 26.3 Å². The summed E-state index contributed by atoms with van der Waals surface area (Å²) in [7, 11) is -3.98. The molecule has 4 rings (SSSR count). The quantitative estimate of drug-likeness (QED) is 0.176. The summed E-state index contributed by atoms with van der Waals surface area (Å²) in [5, 5.41) is 12.1. The number of rotatable bonds is 10. The Morgan fingerprint density at radius 2 is 1.76 bits per heavy atom. The standard InChI is InChI=1S/C31H32N4O6S/c1-31(2,3)41-30(36)34(18-7-8-23-11-13-27(14-12-23)35(37)38)19-17-33-42(39,40)29-21-25(24-9-5-4-6-10-24)20-26-22-32-16-15-28(26)29/h4-16,20-22,33H,17-19H2,1-3H3/b8-7+. The van der Waals surface area contributed by atoms with Crippen molar-refractivity contribution in [2.75, 3.05) is 19.6 Å². The van der Waals surface area contributed by atoms with E-state index in [4.69, 9.17) is 4.74 Å². The van der Waals surface area contributed by atoms with Gasteiger partial charge >= 0.3 is 6.09 Å². The predicted molar refractivity (Wildman–Crippen MR) is 162 cm³/mol. The zero-order valence-electron chi connectivity index (χ0n) is 23.6. The van der Waals surface area contributed by atoms with Crippen molar-refractivity contribution in [3.63, 3.8) is 0 Å². The Morgan fingerprint density at radius 1 is 1.05 bits per heavy atom. The van der Waals surface area contributed by atoms with Crippen LogP contribution in [0.4, 0.5) is 10.5 Å². The molecule has 0 bridgehead atoms. The number of aromatic nitrogens is 1. The van der Waals surface area contributed by atoms with Crippen molar-refractivity contribution in [2.24, 2.45) is 0 Å². The lowest BCUT2D eigenvalue weighted by molar-refractivity contribution is -0.384. The molecule has 0 aliphatic carbocycles. The predicted octanol–water partition coefficient (Wildman–Crippen LogP) is 6.04. The van der Waals surface area contributed by atoms with Crippen LogP contribution < -0.4 is 4.72 Å². The number of benzene rings is 3. The van der Waals surface area contributed by atoms with Crippen LogP contribution in [0.2, 0.25) is 0 Å². The number of ether oxygens (including phenoxy) is 1. The van der Waals surface area contributed by atoms with Gasteiger partial charge in [0.1, 0.15) is 5.60 Å². The van der Waals surface area contributed by atoms with Crippen LogP contribution >= 0.6 is 0 Å². The first kappa shape index (κ1) is 30.4. The number of hydrogen-bond donors (Lipinski definition) is 1. The molecule has 3 aromatic carbocycles. The third-order valence-corrected chi connectivity index (χ3v) is 7.68. The van der Waals surface area contributed by atoms with Gasteiger partial charge in [-0.15, -0.1) is 0 Å². The second kappa shape index (κ2) is 12.9. The molecule has 0 fully saturated rings. The summed E-state index contributed by atoms with van der Waals surface area (Å²) in [6.07, 6.45) is 6.01. The van der Waals surface area contributed by atoms with Crippen molar-refractivity contribution in [1.82, 2.24) is 14.6 Å². The summed E-state index contributed by atoms with van der Waals surface area (Å²) in [4.78, 5) is 29.0. The Morgan fingerprint density at radius 3 is 2.43 bits per heavy atom. The summed E-state index contributed by atoms with van der Waals surface area (Å²) in [6, 6.07) is 20.7. The first-order chi connectivity index (χ1) is 19.9. The largest absolute Gasteiger partial charge is 0.444 e. The average Bonchev–Trinajstić information content (AvgIpc) is 2.95. The Labute approximate surface area is 244 Å². The number of carbonyl (C=O) groups excluding carboxylic acids is 1. The first-order valence-electron chi connectivity index (χ1n) is 13.2. The molecule has 1 aromatic heterocycles. The molecule has 0 radical (unpaired) electrons. The SMILES string of the molecule is CC(C)(C)OC(=O)N(C/C=C/c1ccc([N+](=O)[O-])cc1)CCNS(=O)(=O)c1cc(-c2ccccc2)cc2cnccc12. The number of non-ortho nitro benzene ring substituents is 1. The van der Waals surface area contributed by atoms with Crippen molar-refractivity contribution in [3.8, 4) is 11.1 Å². The number of carbonyl (C=O) groups is 1. The summed E-state index contributed by atoms with van der Waals surface area (Å²) in [5.74, 6) is 0. The zero-order chi connectivity index (χ0) is 30.3. The lowest BCUT2D eigenvalue weighted by Gasteiger charge is -2.26. The van der Waals surface area contributed by atoms with Gasteiger partial charge in [-0.1, -0.05) is 42.5 Å². The van der Waals surface area contributed by atoms with Crippen molar-refractivity contribution in [3.05, 3.63) is 107 Å². The van der Waals surface area contributed by atoms with Gasteiger partial charge in [0.2, 0.25) is 10.0 Å². The van der Waals surface area contributed by atoms with Gasteiger partial charge in [0.05, 0.1) is 9.82 Å². The average molecular weight is 589 g/mol. The van der Waals surface area contributed by atoms with E-state index in [1.54, 1.807) is 69.6 Å². The number of fused-ring (bicyclic) bond motifs is 1. The van der Waals surface area contributed by atoms with Crippen molar-refractivity contribution in [1.29, 1.82) is 0 Å². The van der Waals surface area contributed by atoms with Crippen molar-refractivity contribution >= 4 is 38.7 Å². The number of nitro benzene ring substituents is 1. The highest BCUT2D eigenvalue weighted by Crippen LogP contribution is 2.30. The van der Waals surface area contributed by atoms with Crippen LogP contribution in [0.5, 0.6) is 0 Å². The maximum absolute atomic E-state index is 13.6. The molecular weight excluding hydrogens is 556 g/mol. The molecule has 0 unspecified atom stereocenters. The van der Waals surface area contributed by atoms with E-state index in [0.717, 1.165) is 11.1 Å². The van der Waals surface area contributed by atoms with Gasteiger partial charge < -0.3 is 9.64 Å². The monoisotopic (exact) mass is 588 g/mol. The van der Waals surface area contributed by atoms with Crippen molar-refractivity contribution in [2.45, 2.75) is 31.3 Å². The van der Waals surface area contributed by atoms with Crippen LogP contribution in [0, 0.1) is 10.1 Å². The molecule has 1 heterocycles. The summed E-state index contributed by atoms with van der Waals surface area (Å²) < 4.78 is 35.3. The Hall–Kier alpha value is -4.61. The third-order valence-electron chi connectivity index (χ3n) is 6.18. The normalized spacial score (nSPS) is 12.0. The number of nitro groups is 1. The van der Waals surface area contributed by atoms with Gasteiger partial charge in [-0.25, -0.2) is 17.9 Å². The molecular formula is C31H32N4O6S. The number of sulfonamides is 1. The molecule has 11 heteroatoms. The third kappa shape index (κ3) is 7.99. The maximum atomic E-state index is 13.6. The first-order valence-corrected chi connectivity index (χ1v) is 14.7. The molecule has 0 saturated carbocycles. The van der Waals surface area contributed by atoms with Crippen LogP contribution in [0.25, 0.3) is 28.0 Å². The van der Waals surface area contributed by atoms with Crippen LogP contribution in [-0.4, -0.2) is 54.6 Å². The van der Waals surface area contributed by atoms with E-state index >= 15 is 0 Å². The van der Waals surface area contributed by atoms with Gasteiger partial charge in [-0.2, -0.15) is 0 Å². The molecule has 0 aliphatic rings. The van der Waals surface area contributed by atoms with E-state index in [0.29, 0.717) is 16.3 Å². The van der Waals surface area contributed by atoms with Crippen molar-refractivity contribution < 1.29 is 22.9 Å². The molecule has 0 saturated heterocycles. The lowest BCUT2D eigenvalue weighted by atomic mass is 10.0. The second-order valence-corrected chi connectivity index (χ2v) is 12.2. The number of pyridine rings is 1. The van der Waals surface area contributed by atoms with Gasteiger partial charge in [0.15, 0.2) is 0 Å². The fraction of sp³-hybridized carbons (Fsp3) is 0.226. The fourth-order valence-corrected chi connectivity index (χ4v) is 5.47. The smallest absolute Gasteiger partial charge is 0.410 e. The summed E-state index contributed by atoms with van der Waals surface area (Å²) in [6.45, 7) is 5.35. The molecule has 42 heavy (non-hydrogen) atoms. The molecule has 4 aromatic rings. The van der Waals surface area contributed by atoms with Gasteiger partial charge in [-0.3, -0.25) is 15.1 Å². The highest BCUT2D eigenvalue weighted by Gasteiger charge is 2.23. The number of nitrogens with one attached hydrogen (secondary N) is 1. The minimum atomic E-state index is -3.98. The molecule has 0 spiro atoms. The van der Waals surface area contributed by atoms with Gasteiger partial charge in [0.25, 0.3) is 5.69 Å². The van der Waals surface area contributed by atoms with E-state index in [2.05, 4.69) is 9.71 Å². The lowest BCUT2D eigenvalue weighted by Crippen LogP contribution is -2.41. The number of amides is 1. The van der Waals surface area contributed by atoms with E-state index in [1.165, 1.54) is 17.0 Å². The van der Waals surface area contributed by atoms with E-state index in [-0.39, 0.29) is 30.2 Å².